The molecule has 0 aliphatic heterocycles. The lowest BCUT2D eigenvalue weighted by molar-refractivity contribution is -0.137. The molecule has 0 bridgehead atoms. The van der Waals surface area contributed by atoms with Crippen molar-refractivity contribution in [2.45, 2.75) is 58.6 Å². The molecule has 116 valence electrons. The number of carbonyl (C=O) groups excluding carboxylic acids is 1. The maximum Gasteiger partial charge on any atom is 0.407 e. The molecule has 20 heavy (non-hydrogen) atoms. The van der Waals surface area contributed by atoms with Crippen LogP contribution in [0.3, 0.4) is 0 Å². The van der Waals surface area contributed by atoms with Crippen LogP contribution in [0.25, 0.3) is 0 Å². The van der Waals surface area contributed by atoms with Crippen LogP contribution in [-0.2, 0) is 9.53 Å². The third-order valence-corrected chi connectivity index (χ3v) is 2.62. The number of hydrogen-bond acceptors (Lipinski definition) is 3. The second-order valence-electron chi connectivity index (χ2n) is 5.87. The van der Waals surface area contributed by atoms with Crippen LogP contribution in [0.1, 0.15) is 47.0 Å². The molecule has 1 amide bonds. The van der Waals surface area contributed by atoms with Crippen molar-refractivity contribution in [1.29, 1.82) is 0 Å². The first-order valence-electron chi connectivity index (χ1n) is 6.57. The van der Waals surface area contributed by atoms with Crippen molar-refractivity contribution < 1.29 is 23.8 Å². The highest BCUT2D eigenvalue weighted by atomic mass is 19.1. The van der Waals surface area contributed by atoms with E-state index >= 15 is 0 Å². The molecule has 0 saturated heterocycles. The molecule has 5 nitrogen and oxygen atoms in total. The van der Waals surface area contributed by atoms with Gasteiger partial charge in [-0.05, 0) is 33.6 Å². The Hall–Kier alpha value is -1.59. The molecular formula is C14H24FNO4. The van der Waals surface area contributed by atoms with E-state index in [0.29, 0.717) is 12.8 Å². The smallest absolute Gasteiger partial charge is 0.407 e. The van der Waals surface area contributed by atoms with Crippen molar-refractivity contribution >= 4 is 12.1 Å². The average Bonchev–Trinajstić information content (AvgIpc) is 2.21. The first-order valence-corrected chi connectivity index (χ1v) is 6.57. The zero-order valence-electron chi connectivity index (χ0n) is 12.5. The number of ether oxygens (including phenoxy) is 1. The van der Waals surface area contributed by atoms with Crippen LogP contribution >= 0.6 is 0 Å². The number of carbonyl (C=O) groups is 2. The molecular weight excluding hydrogens is 265 g/mol. The van der Waals surface area contributed by atoms with Gasteiger partial charge < -0.3 is 15.2 Å². The summed E-state index contributed by atoms with van der Waals surface area (Å²) in [5, 5.41) is 11.3. The molecule has 0 aromatic heterocycles. The number of alkyl carbamates (subject to hydrolysis) is 1. The van der Waals surface area contributed by atoms with Crippen molar-refractivity contribution in [2.75, 3.05) is 0 Å². The highest BCUT2D eigenvalue weighted by Crippen LogP contribution is 2.18. The maximum atomic E-state index is 12.9. The van der Waals surface area contributed by atoms with Gasteiger partial charge in [-0.15, -0.1) is 0 Å². The zero-order chi connectivity index (χ0) is 15.9. The van der Waals surface area contributed by atoms with Gasteiger partial charge in [-0.1, -0.05) is 13.5 Å². The minimum atomic E-state index is -1.03. The number of carboxylic acid groups (broad SMARTS) is 1. The highest BCUT2D eigenvalue weighted by molar-refractivity contribution is 5.71. The van der Waals surface area contributed by atoms with E-state index in [-0.39, 0.29) is 12.3 Å². The summed E-state index contributed by atoms with van der Waals surface area (Å²) in [6.45, 7) is 10.0. The Kier molecular flexibility index (Phi) is 7.24. The molecule has 0 aromatic rings. The second kappa shape index (κ2) is 7.87. The van der Waals surface area contributed by atoms with Crippen LogP contribution in [0.5, 0.6) is 0 Å². The lowest BCUT2D eigenvalue weighted by Crippen LogP contribution is -2.40. The van der Waals surface area contributed by atoms with E-state index in [1.165, 1.54) is 0 Å². The van der Waals surface area contributed by atoms with Crippen LogP contribution in [0.2, 0.25) is 0 Å². The van der Waals surface area contributed by atoms with Crippen LogP contribution in [0.15, 0.2) is 12.4 Å². The molecule has 0 saturated carbocycles. The van der Waals surface area contributed by atoms with Gasteiger partial charge in [-0.3, -0.25) is 4.79 Å². The van der Waals surface area contributed by atoms with Crippen molar-refractivity contribution in [2.24, 2.45) is 5.92 Å². The number of hydrogen-bond donors (Lipinski definition) is 2. The third kappa shape index (κ3) is 9.35. The number of halogens is 1. The topological polar surface area (TPSA) is 75.6 Å². The minimum Gasteiger partial charge on any atom is -0.481 e. The van der Waals surface area contributed by atoms with Gasteiger partial charge in [0.25, 0.3) is 0 Å². The van der Waals surface area contributed by atoms with Crippen LogP contribution in [0.4, 0.5) is 9.18 Å². The van der Waals surface area contributed by atoms with Gasteiger partial charge in [0.15, 0.2) is 0 Å². The average molecular weight is 289 g/mol. The van der Waals surface area contributed by atoms with Crippen LogP contribution in [0, 0.1) is 5.92 Å². The Balaban J connectivity index is 4.45. The largest absolute Gasteiger partial charge is 0.481 e. The minimum absolute atomic E-state index is 0.231. The predicted molar refractivity (Wildman–Crippen MR) is 74.1 cm³/mol. The van der Waals surface area contributed by atoms with Gasteiger partial charge in [-0.25, -0.2) is 9.18 Å². The second-order valence-corrected chi connectivity index (χ2v) is 5.87. The van der Waals surface area contributed by atoms with Gasteiger partial charge in [0.05, 0.1) is 12.2 Å². The fourth-order valence-corrected chi connectivity index (χ4v) is 1.52. The predicted octanol–water partition coefficient (Wildman–Crippen LogP) is 3.25. The summed E-state index contributed by atoms with van der Waals surface area (Å²) in [4.78, 5) is 22.4. The molecule has 2 atom stereocenters. The Labute approximate surface area is 119 Å². The third-order valence-electron chi connectivity index (χ3n) is 2.62. The summed E-state index contributed by atoms with van der Waals surface area (Å²) in [5.41, 5.74) is -0.654. The Morgan fingerprint density at radius 1 is 1.35 bits per heavy atom. The van der Waals surface area contributed by atoms with E-state index in [1.54, 1.807) is 27.7 Å². The van der Waals surface area contributed by atoms with Gasteiger partial charge >= 0.3 is 12.1 Å². The van der Waals surface area contributed by atoms with E-state index in [0.717, 1.165) is 0 Å². The quantitative estimate of drug-likeness (QED) is 0.754. The molecule has 0 fully saturated rings. The lowest BCUT2D eigenvalue weighted by atomic mass is 9.99. The number of carboxylic acids is 1. The van der Waals surface area contributed by atoms with Crippen molar-refractivity contribution in [3.63, 3.8) is 0 Å². The number of nitrogens with one attached hydrogen (secondary N) is 1. The number of rotatable bonds is 7. The molecule has 0 aliphatic carbocycles. The fourth-order valence-electron chi connectivity index (χ4n) is 1.52. The fraction of sp³-hybridized carbons (Fsp3) is 0.714. The molecule has 0 rings (SSSR count). The Morgan fingerprint density at radius 3 is 2.30 bits per heavy atom. The molecule has 0 aromatic carbocycles. The standard InChI is InChI=1S/C14H24FNO4/c1-9(10(2)15)6-7-11(8-12(17)18)16-13(19)20-14(3,4)5/h9,11H,2,6-8H2,1,3-5H3,(H,16,19)(H,17,18)/t9?,11-/m1/s1. The molecule has 0 spiro atoms. The monoisotopic (exact) mass is 289 g/mol. The number of amides is 1. The highest BCUT2D eigenvalue weighted by Gasteiger charge is 2.22. The normalized spacial score (nSPS) is 14.2. The number of aliphatic carboxylic acids is 1. The van der Waals surface area contributed by atoms with E-state index in [4.69, 9.17) is 9.84 Å². The van der Waals surface area contributed by atoms with Gasteiger partial charge in [0, 0.05) is 12.0 Å². The van der Waals surface area contributed by atoms with E-state index in [9.17, 15) is 14.0 Å². The Morgan fingerprint density at radius 2 is 1.90 bits per heavy atom. The molecule has 0 radical (unpaired) electrons. The first-order chi connectivity index (χ1) is 9.01. The van der Waals surface area contributed by atoms with Gasteiger partial charge in [-0.2, -0.15) is 0 Å². The van der Waals surface area contributed by atoms with E-state index < -0.39 is 29.5 Å². The lowest BCUT2D eigenvalue weighted by Gasteiger charge is -2.23. The van der Waals surface area contributed by atoms with Crippen LogP contribution < -0.4 is 5.32 Å². The first kappa shape index (κ1) is 18.4. The van der Waals surface area contributed by atoms with Crippen molar-refractivity contribution in [3.8, 4) is 0 Å². The summed E-state index contributed by atoms with van der Waals surface area (Å²) in [7, 11) is 0. The summed E-state index contributed by atoms with van der Waals surface area (Å²) in [5.74, 6) is -1.85. The summed E-state index contributed by atoms with van der Waals surface area (Å²) >= 11 is 0. The van der Waals surface area contributed by atoms with Crippen molar-refractivity contribution in [1.82, 2.24) is 5.32 Å². The Bertz CT molecular complexity index is 363. The summed E-state index contributed by atoms with van der Waals surface area (Å²) < 4.78 is 17.9. The number of allylic oxidation sites excluding steroid dienone is 1. The maximum absolute atomic E-state index is 12.9. The van der Waals surface area contributed by atoms with Gasteiger partial charge in [0.1, 0.15) is 5.60 Å². The summed E-state index contributed by atoms with van der Waals surface area (Å²) in [6, 6.07) is -0.593. The van der Waals surface area contributed by atoms with E-state index in [2.05, 4.69) is 11.9 Å². The van der Waals surface area contributed by atoms with Gasteiger partial charge in [0.2, 0.25) is 0 Å². The molecule has 6 heteroatoms. The molecule has 1 unspecified atom stereocenters. The van der Waals surface area contributed by atoms with Crippen molar-refractivity contribution in [3.05, 3.63) is 12.4 Å². The SMILES string of the molecule is C=C(F)C(C)CC[C@H](CC(=O)O)NC(=O)OC(C)(C)C. The molecule has 2 N–H and O–H groups in total. The molecule has 0 aliphatic rings. The zero-order valence-corrected chi connectivity index (χ0v) is 12.5. The van der Waals surface area contributed by atoms with E-state index in [1.807, 2.05) is 0 Å². The molecule has 0 heterocycles. The summed E-state index contributed by atoms with van der Waals surface area (Å²) in [6.07, 6.45) is -0.154. The van der Waals surface area contributed by atoms with Crippen LogP contribution in [-0.4, -0.2) is 28.8 Å².